The van der Waals surface area contributed by atoms with Crippen LogP contribution in [0.1, 0.15) is 0 Å². The zero-order chi connectivity index (χ0) is 15.7. The van der Waals surface area contributed by atoms with E-state index in [0.717, 1.165) is 24.3 Å². The van der Waals surface area contributed by atoms with Gasteiger partial charge in [0, 0.05) is 11.1 Å². The average Bonchev–Trinajstić information content (AvgIpc) is 2.53. The fraction of sp³-hybridized carbons (Fsp3) is 0. The maximum atomic E-state index is 13.2. The second-order valence-corrected chi connectivity index (χ2v) is 4.54. The first-order valence-corrected chi connectivity index (χ1v) is 6.27. The van der Waals surface area contributed by atoms with Crippen molar-refractivity contribution in [3.05, 3.63) is 72.1 Å². The SMILES string of the molecule is Fc1ccc(-c2cnc(-c3ccc(F)c(F)c3)cn2)cc1F. The summed E-state index contributed by atoms with van der Waals surface area (Å²) in [5, 5.41) is 0. The van der Waals surface area contributed by atoms with Crippen LogP contribution in [0.4, 0.5) is 17.6 Å². The van der Waals surface area contributed by atoms with E-state index in [1.165, 1.54) is 24.5 Å². The highest BCUT2D eigenvalue weighted by molar-refractivity contribution is 5.62. The van der Waals surface area contributed by atoms with Gasteiger partial charge in [0.15, 0.2) is 23.3 Å². The van der Waals surface area contributed by atoms with Crippen LogP contribution in [0.25, 0.3) is 22.5 Å². The lowest BCUT2D eigenvalue weighted by atomic mass is 10.1. The summed E-state index contributed by atoms with van der Waals surface area (Å²) in [5.41, 5.74) is 1.40. The Morgan fingerprint density at radius 1 is 0.545 bits per heavy atom. The molecule has 1 heterocycles. The highest BCUT2D eigenvalue weighted by Crippen LogP contribution is 2.22. The minimum absolute atomic E-state index is 0.338. The highest BCUT2D eigenvalue weighted by Gasteiger charge is 2.08. The van der Waals surface area contributed by atoms with Gasteiger partial charge in [0.25, 0.3) is 0 Å². The molecule has 2 nitrogen and oxygen atoms in total. The second kappa shape index (κ2) is 5.55. The van der Waals surface area contributed by atoms with E-state index in [1.807, 2.05) is 0 Å². The molecule has 0 aliphatic heterocycles. The van der Waals surface area contributed by atoms with Gasteiger partial charge in [-0.3, -0.25) is 9.97 Å². The Bertz CT molecular complexity index is 762. The molecule has 0 fully saturated rings. The van der Waals surface area contributed by atoms with Crippen LogP contribution >= 0.6 is 0 Å². The minimum Gasteiger partial charge on any atom is -0.252 e. The van der Waals surface area contributed by atoms with E-state index in [0.29, 0.717) is 22.5 Å². The Balaban J connectivity index is 1.95. The molecule has 0 amide bonds. The van der Waals surface area contributed by atoms with E-state index in [1.54, 1.807) is 0 Å². The van der Waals surface area contributed by atoms with Crippen LogP contribution in [0.2, 0.25) is 0 Å². The first-order valence-electron chi connectivity index (χ1n) is 6.27. The highest BCUT2D eigenvalue weighted by atomic mass is 19.2. The summed E-state index contributed by atoms with van der Waals surface area (Å²) in [6, 6.07) is 6.76. The Morgan fingerprint density at radius 3 is 1.27 bits per heavy atom. The van der Waals surface area contributed by atoms with E-state index >= 15 is 0 Å². The predicted octanol–water partition coefficient (Wildman–Crippen LogP) is 4.37. The van der Waals surface area contributed by atoms with Gasteiger partial charge < -0.3 is 0 Å². The maximum absolute atomic E-state index is 13.2. The van der Waals surface area contributed by atoms with Crippen LogP contribution < -0.4 is 0 Å². The molecular formula is C16H8F4N2. The molecule has 0 saturated heterocycles. The molecule has 0 spiro atoms. The number of benzene rings is 2. The van der Waals surface area contributed by atoms with Crippen molar-refractivity contribution in [2.75, 3.05) is 0 Å². The molecule has 3 aromatic rings. The third-order valence-electron chi connectivity index (χ3n) is 3.08. The van der Waals surface area contributed by atoms with E-state index in [9.17, 15) is 17.6 Å². The van der Waals surface area contributed by atoms with Crippen molar-refractivity contribution < 1.29 is 17.6 Å². The largest absolute Gasteiger partial charge is 0.252 e. The van der Waals surface area contributed by atoms with Crippen molar-refractivity contribution >= 4 is 0 Å². The summed E-state index contributed by atoms with van der Waals surface area (Å²) in [6.45, 7) is 0. The van der Waals surface area contributed by atoms with E-state index in [4.69, 9.17) is 0 Å². The zero-order valence-electron chi connectivity index (χ0n) is 11.0. The van der Waals surface area contributed by atoms with Crippen LogP contribution in [0, 0.1) is 23.3 Å². The van der Waals surface area contributed by atoms with Gasteiger partial charge in [-0.15, -0.1) is 0 Å². The summed E-state index contributed by atoms with van der Waals surface area (Å²) < 4.78 is 52.2. The number of hydrogen-bond acceptors (Lipinski definition) is 2. The maximum Gasteiger partial charge on any atom is 0.159 e. The van der Waals surface area contributed by atoms with Crippen LogP contribution in [-0.4, -0.2) is 9.97 Å². The Hall–Kier alpha value is -2.76. The fourth-order valence-electron chi connectivity index (χ4n) is 1.94. The van der Waals surface area contributed by atoms with E-state index < -0.39 is 23.3 Å². The Kier molecular flexibility index (Phi) is 3.58. The summed E-state index contributed by atoms with van der Waals surface area (Å²) in [6.07, 6.45) is 2.70. The molecule has 0 unspecified atom stereocenters. The quantitative estimate of drug-likeness (QED) is 0.657. The molecule has 0 aliphatic rings. The Labute approximate surface area is 123 Å². The smallest absolute Gasteiger partial charge is 0.159 e. The van der Waals surface area contributed by atoms with Crippen molar-refractivity contribution in [1.29, 1.82) is 0 Å². The van der Waals surface area contributed by atoms with Gasteiger partial charge in [-0.05, 0) is 36.4 Å². The summed E-state index contributed by atoms with van der Waals surface area (Å²) in [4.78, 5) is 8.16. The fourth-order valence-corrected chi connectivity index (χ4v) is 1.94. The monoisotopic (exact) mass is 304 g/mol. The summed E-state index contributed by atoms with van der Waals surface area (Å²) >= 11 is 0. The van der Waals surface area contributed by atoms with Gasteiger partial charge in [-0.2, -0.15) is 0 Å². The normalized spacial score (nSPS) is 10.7. The second-order valence-electron chi connectivity index (χ2n) is 4.54. The van der Waals surface area contributed by atoms with Crippen LogP contribution in [0.3, 0.4) is 0 Å². The lowest BCUT2D eigenvalue weighted by molar-refractivity contribution is 0.509. The topological polar surface area (TPSA) is 25.8 Å². The lowest BCUT2D eigenvalue weighted by Crippen LogP contribution is -1.92. The molecule has 0 atom stereocenters. The average molecular weight is 304 g/mol. The van der Waals surface area contributed by atoms with Crippen molar-refractivity contribution in [3.63, 3.8) is 0 Å². The van der Waals surface area contributed by atoms with Crippen LogP contribution in [-0.2, 0) is 0 Å². The molecule has 6 heteroatoms. The molecule has 0 aliphatic carbocycles. The summed E-state index contributed by atoms with van der Waals surface area (Å²) in [7, 11) is 0. The number of halogens is 4. The van der Waals surface area contributed by atoms with Gasteiger partial charge in [-0.1, -0.05) is 0 Å². The van der Waals surface area contributed by atoms with Crippen LogP contribution in [0.5, 0.6) is 0 Å². The lowest BCUT2D eigenvalue weighted by Gasteiger charge is -2.04. The third kappa shape index (κ3) is 2.67. The van der Waals surface area contributed by atoms with Crippen molar-refractivity contribution in [1.82, 2.24) is 9.97 Å². The first-order chi connectivity index (χ1) is 10.5. The molecule has 1 aromatic heterocycles. The van der Waals surface area contributed by atoms with Gasteiger partial charge in [0.05, 0.1) is 23.8 Å². The molecule has 0 saturated carbocycles. The molecular weight excluding hydrogens is 296 g/mol. The van der Waals surface area contributed by atoms with Gasteiger partial charge in [0.1, 0.15) is 0 Å². The number of nitrogens with zero attached hydrogens (tertiary/aromatic N) is 2. The predicted molar refractivity (Wildman–Crippen MR) is 72.7 cm³/mol. The molecule has 22 heavy (non-hydrogen) atoms. The van der Waals surface area contributed by atoms with Crippen LogP contribution in [0.15, 0.2) is 48.8 Å². The summed E-state index contributed by atoms with van der Waals surface area (Å²) in [5.74, 6) is -3.86. The number of hydrogen-bond donors (Lipinski definition) is 0. The minimum atomic E-state index is -0.982. The molecule has 0 bridgehead atoms. The first kappa shape index (κ1) is 14.2. The molecule has 0 radical (unpaired) electrons. The number of aromatic nitrogens is 2. The molecule has 2 aromatic carbocycles. The molecule has 3 rings (SSSR count). The van der Waals surface area contributed by atoms with Crippen molar-refractivity contribution in [2.45, 2.75) is 0 Å². The Morgan fingerprint density at radius 2 is 0.955 bits per heavy atom. The van der Waals surface area contributed by atoms with Crippen molar-refractivity contribution in [3.8, 4) is 22.5 Å². The standard InChI is InChI=1S/C16H8F4N2/c17-11-3-1-9(5-13(11)19)15-7-22-16(8-21-15)10-2-4-12(18)14(20)6-10/h1-8H. The van der Waals surface area contributed by atoms with Crippen molar-refractivity contribution in [2.24, 2.45) is 0 Å². The zero-order valence-corrected chi connectivity index (χ0v) is 11.0. The third-order valence-corrected chi connectivity index (χ3v) is 3.08. The van der Waals surface area contributed by atoms with E-state index in [2.05, 4.69) is 9.97 Å². The molecule has 0 N–H and O–H groups in total. The van der Waals surface area contributed by atoms with Gasteiger partial charge in [-0.25, -0.2) is 17.6 Å². The van der Waals surface area contributed by atoms with Gasteiger partial charge >= 0.3 is 0 Å². The van der Waals surface area contributed by atoms with Gasteiger partial charge in [0.2, 0.25) is 0 Å². The van der Waals surface area contributed by atoms with E-state index in [-0.39, 0.29) is 0 Å². The number of rotatable bonds is 2. The molecule has 110 valence electrons.